The van der Waals surface area contributed by atoms with E-state index in [1.54, 1.807) is 23.1 Å². The van der Waals surface area contributed by atoms with Gasteiger partial charge in [0.25, 0.3) is 5.91 Å². The molecule has 0 aromatic heterocycles. The number of anilines is 1. The van der Waals surface area contributed by atoms with Gasteiger partial charge in [0.1, 0.15) is 5.75 Å². The molecule has 0 bridgehead atoms. The molecule has 1 aromatic rings. The molecule has 3 heterocycles. The van der Waals surface area contributed by atoms with Gasteiger partial charge in [-0.15, -0.1) is 0 Å². The number of nitrogens with one attached hydrogen (secondary N) is 2. The highest BCUT2D eigenvalue weighted by Crippen LogP contribution is 2.32. The summed E-state index contributed by atoms with van der Waals surface area (Å²) in [5.74, 6) is 0.469. The van der Waals surface area contributed by atoms with Crippen LogP contribution in [0.5, 0.6) is 5.75 Å². The lowest BCUT2D eigenvalue weighted by Crippen LogP contribution is -2.49. The Labute approximate surface area is 247 Å². The first-order valence-electron chi connectivity index (χ1n) is 15.5. The largest absolute Gasteiger partial charge is 0.495 e. The summed E-state index contributed by atoms with van der Waals surface area (Å²) >= 11 is 0. The lowest BCUT2D eigenvalue weighted by molar-refractivity contribution is -0.138. The van der Waals surface area contributed by atoms with Gasteiger partial charge in [-0.1, -0.05) is 19.3 Å². The van der Waals surface area contributed by atoms with E-state index in [9.17, 15) is 24.0 Å². The molecular weight excluding hydrogens is 538 g/mol. The van der Waals surface area contributed by atoms with Gasteiger partial charge in [0.15, 0.2) is 0 Å². The fraction of sp³-hybridized carbons (Fsp3) is 0.645. The van der Waals surface area contributed by atoms with Crippen LogP contribution in [-0.2, 0) is 14.4 Å². The van der Waals surface area contributed by atoms with Crippen molar-refractivity contribution in [2.75, 3.05) is 44.7 Å². The molecule has 1 aliphatic carbocycles. The number of imide groups is 1. The molecule has 0 spiro atoms. The van der Waals surface area contributed by atoms with E-state index in [1.165, 1.54) is 31.3 Å². The van der Waals surface area contributed by atoms with Crippen LogP contribution in [0.25, 0.3) is 0 Å². The average molecular weight is 582 g/mol. The number of hydrogen-bond acceptors (Lipinski definition) is 6. The van der Waals surface area contributed by atoms with Gasteiger partial charge in [-0.3, -0.25) is 29.4 Å². The zero-order valence-electron chi connectivity index (χ0n) is 24.6. The number of piperidine rings is 2. The summed E-state index contributed by atoms with van der Waals surface area (Å²) in [6.07, 6.45) is 9.47. The first-order valence-corrected chi connectivity index (χ1v) is 15.5. The van der Waals surface area contributed by atoms with Crippen LogP contribution in [0.3, 0.4) is 0 Å². The lowest BCUT2D eigenvalue weighted by atomic mass is 9.90. The lowest BCUT2D eigenvalue weighted by Gasteiger charge is -2.37. The molecule has 0 unspecified atom stereocenters. The Kier molecular flexibility index (Phi) is 9.64. The molecule has 3 aliphatic heterocycles. The molecule has 1 saturated carbocycles. The Morgan fingerprint density at radius 2 is 1.60 bits per heavy atom. The quantitative estimate of drug-likeness (QED) is 0.510. The zero-order valence-corrected chi connectivity index (χ0v) is 24.6. The number of ether oxygens (including phenoxy) is 1. The van der Waals surface area contributed by atoms with Gasteiger partial charge in [0.05, 0.1) is 12.8 Å². The topological polar surface area (TPSA) is 128 Å². The Bertz CT molecular complexity index is 1180. The minimum Gasteiger partial charge on any atom is -0.495 e. The molecule has 5 rings (SSSR count). The summed E-state index contributed by atoms with van der Waals surface area (Å²) in [6.45, 7) is 2.53. The summed E-state index contributed by atoms with van der Waals surface area (Å²) in [5.41, 5.74) is 0.864. The molecule has 6 amide bonds. The predicted molar refractivity (Wildman–Crippen MR) is 156 cm³/mol. The Balaban J connectivity index is 1.09. The Morgan fingerprint density at radius 3 is 2.26 bits per heavy atom. The maximum atomic E-state index is 13.4. The van der Waals surface area contributed by atoms with Crippen LogP contribution in [0.4, 0.5) is 10.5 Å². The second-order valence-corrected chi connectivity index (χ2v) is 12.1. The molecule has 11 heteroatoms. The standard InChI is InChI=1S/C31H43N5O6/c1-42-26-8-7-23(20-25(26)36-18-13-27(37)33-31(36)41)30(40)35-16-11-22(12-17-35)29(39)34-14-9-21(10-15-34)19-28(38)32-24-5-3-2-4-6-24/h7-8,20-22,24H,2-6,9-19H2,1H3,(H,32,38)(H,33,37,41). The molecular formula is C31H43N5O6. The zero-order chi connectivity index (χ0) is 29.6. The van der Waals surface area contributed by atoms with Crippen LogP contribution in [0.2, 0.25) is 0 Å². The van der Waals surface area contributed by atoms with Gasteiger partial charge in [0.2, 0.25) is 17.7 Å². The number of carbonyl (C=O) groups is 5. The van der Waals surface area contributed by atoms with E-state index in [1.807, 2.05) is 4.90 Å². The number of hydrogen-bond donors (Lipinski definition) is 2. The van der Waals surface area contributed by atoms with E-state index in [-0.39, 0.29) is 42.5 Å². The molecule has 2 N–H and O–H groups in total. The monoisotopic (exact) mass is 581 g/mol. The first-order chi connectivity index (χ1) is 20.3. The van der Waals surface area contributed by atoms with Crippen LogP contribution < -0.4 is 20.3 Å². The normalized spacial score (nSPS) is 21.2. The third kappa shape index (κ3) is 7.04. The van der Waals surface area contributed by atoms with Crippen LogP contribution in [-0.4, -0.2) is 85.3 Å². The predicted octanol–water partition coefficient (Wildman–Crippen LogP) is 3.07. The third-order valence-electron chi connectivity index (χ3n) is 9.27. The van der Waals surface area contributed by atoms with E-state index in [2.05, 4.69) is 10.6 Å². The number of rotatable bonds is 7. The maximum Gasteiger partial charge on any atom is 0.328 e. The molecule has 3 saturated heterocycles. The van der Waals surface area contributed by atoms with E-state index < -0.39 is 6.03 Å². The second kappa shape index (κ2) is 13.6. The molecule has 0 radical (unpaired) electrons. The number of methoxy groups -OCH3 is 1. The average Bonchev–Trinajstić information content (AvgIpc) is 3.01. The van der Waals surface area contributed by atoms with E-state index in [0.29, 0.717) is 74.4 Å². The van der Waals surface area contributed by atoms with Crippen LogP contribution in [0.1, 0.15) is 81.0 Å². The van der Waals surface area contributed by atoms with Crippen molar-refractivity contribution in [3.05, 3.63) is 23.8 Å². The summed E-state index contributed by atoms with van der Waals surface area (Å²) in [5, 5.41) is 5.52. The molecule has 42 heavy (non-hydrogen) atoms. The minimum absolute atomic E-state index is 0.110. The molecule has 1 aromatic carbocycles. The first kappa shape index (κ1) is 29.8. The third-order valence-corrected chi connectivity index (χ3v) is 9.27. The highest BCUT2D eigenvalue weighted by atomic mass is 16.5. The number of likely N-dealkylation sites (tertiary alicyclic amines) is 2. The van der Waals surface area contributed by atoms with Crippen LogP contribution in [0.15, 0.2) is 18.2 Å². The number of nitrogens with zero attached hydrogens (tertiary/aromatic N) is 3. The highest BCUT2D eigenvalue weighted by Gasteiger charge is 2.34. The van der Waals surface area contributed by atoms with Crippen molar-refractivity contribution in [2.45, 2.75) is 76.7 Å². The Hall–Kier alpha value is -3.63. The fourth-order valence-corrected chi connectivity index (χ4v) is 6.75. The summed E-state index contributed by atoms with van der Waals surface area (Å²) in [4.78, 5) is 68.3. The van der Waals surface area contributed by atoms with Crippen LogP contribution in [0, 0.1) is 11.8 Å². The van der Waals surface area contributed by atoms with E-state index in [0.717, 1.165) is 25.7 Å². The van der Waals surface area contributed by atoms with Crippen molar-refractivity contribution in [3.8, 4) is 5.75 Å². The van der Waals surface area contributed by atoms with Crippen molar-refractivity contribution >= 4 is 35.3 Å². The Morgan fingerprint density at radius 1 is 0.905 bits per heavy atom. The van der Waals surface area contributed by atoms with Crippen LogP contribution >= 0.6 is 0 Å². The van der Waals surface area contributed by atoms with Gasteiger partial charge in [-0.05, 0) is 62.6 Å². The van der Waals surface area contributed by atoms with Crippen molar-refractivity contribution in [2.24, 2.45) is 11.8 Å². The summed E-state index contributed by atoms with van der Waals surface area (Å²) < 4.78 is 5.41. The molecule has 228 valence electrons. The molecule has 4 fully saturated rings. The van der Waals surface area contributed by atoms with Crippen molar-refractivity contribution < 1.29 is 28.7 Å². The number of amides is 6. The van der Waals surface area contributed by atoms with Gasteiger partial charge >= 0.3 is 6.03 Å². The fourth-order valence-electron chi connectivity index (χ4n) is 6.75. The van der Waals surface area contributed by atoms with Crippen molar-refractivity contribution in [1.82, 2.24) is 20.4 Å². The maximum absolute atomic E-state index is 13.4. The summed E-state index contributed by atoms with van der Waals surface area (Å²) in [7, 11) is 1.49. The summed E-state index contributed by atoms with van der Waals surface area (Å²) in [6, 6.07) is 4.76. The SMILES string of the molecule is COc1ccc(C(=O)N2CCC(C(=O)N3CCC(CC(=O)NC4CCCCC4)CC3)CC2)cc1N1CCC(=O)NC1=O. The second-order valence-electron chi connectivity index (χ2n) is 12.1. The molecule has 0 atom stereocenters. The number of urea groups is 1. The smallest absolute Gasteiger partial charge is 0.328 e. The van der Waals surface area contributed by atoms with Crippen molar-refractivity contribution in [1.29, 1.82) is 0 Å². The van der Waals surface area contributed by atoms with E-state index >= 15 is 0 Å². The van der Waals surface area contributed by atoms with Crippen molar-refractivity contribution in [3.63, 3.8) is 0 Å². The molecule has 11 nitrogen and oxygen atoms in total. The number of carbonyl (C=O) groups excluding carboxylic acids is 5. The highest BCUT2D eigenvalue weighted by molar-refractivity contribution is 6.07. The van der Waals surface area contributed by atoms with Gasteiger partial charge in [0, 0.05) is 63.1 Å². The van der Waals surface area contributed by atoms with Gasteiger partial charge in [-0.2, -0.15) is 0 Å². The van der Waals surface area contributed by atoms with Gasteiger partial charge in [-0.25, -0.2) is 4.79 Å². The molecule has 4 aliphatic rings. The van der Waals surface area contributed by atoms with E-state index in [4.69, 9.17) is 4.74 Å². The van der Waals surface area contributed by atoms with Gasteiger partial charge < -0.3 is 19.9 Å². The minimum atomic E-state index is -0.541. The number of benzene rings is 1.